The van der Waals surface area contributed by atoms with Gasteiger partial charge in [-0.2, -0.15) is 0 Å². The number of aldehydes is 1. The van der Waals surface area contributed by atoms with E-state index < -0.39 is 77.2 Å². The Kier molecular flexibility index (Phi) is 24.0. The lowest BCUT2D eigenvalue weighted by Crippen LogP contribution is -2.54. The van der Waals surface area contributed by atoms with Gasteiger partial charge in [0.2, 0.25) is 29.2 Å². The Bertz CT molecular complexity index is 2880. The first kappa shape index (κ1) is 63.5. The summed E-state index contributed by atoms with van der Waals surface area (Å²) in [6.45, 7) is 7.51. The zero-order valence-electron chi connectivity index (χ0n) is 46.0. The summed E-state index contributed by atoms with van der Waals surface area (Å²) in [5.41, 5.74) is 2.41. The number of benzene rings is 1. The summed E-state index contributed by atoms with van der Waals surface area (Å²) < 4.78 is 53.8. The zero-order valence-corrected chi connectivity index (χ0v) is 46.0. The molecular formula is C55H71F2N7O16. The molecular weight excluding hydrogens is 1050 g/mol. The van der Waals surface area contributed by atoms with Crippen LogP contribution in [0.15, 0.2) is 29.1 Å². The second kappa shape index (κ2) is 30.3. The molecule has 3 aromatic rings. The van der Waals surface area contributed by atoms with E-state index in [9.17, 15) is 52.3 Å². The van der Waals surface area contributed by atoms with Crippen molar-refractivity contribution in [3.05, 3.63) is 73.8 Å². The molecule has 6 heterocycles. The summed E-state index contributed by atoms with van der Waals surface area (Å²) >= 11 is 0. The highest BCUT2D eigenvalue weighted by Crippen LogP contribution is 2.44. The maximum absolute atomic E-state index is 15.1. The molecule has 4 N–H and O–H groups in total. The minimum Gasteiger partial charge on any atom is -0.457 e. The quantitative estimate of drug-likeness (QED) is 0.0357. The Balaban J connectivity index is 0.00000161. The number of nitrogens with zero attached hydrogens (tertiary/aromatic N) is 4. The highest BCUT2D eigenvalue weighted by atomic mass is 19.1. The van der Waals surface area contributed by atoms with Crippen LogP contribution in [0.4, 0.5) is 8.78 Å². The number of aliphatic hydroxyl groups is 1. The first-order valence-corrected chi connectivity index (χ1v) is 26.6. The van der Waals surface area contributed by atoms with E-state index in [1.165, 1.54) is 17.4 Å². The number of halogens is 2. The summed E-state index contributed by atoms with van der Waals surface area (Å²) in [5, 5.41) is 15.5. The van der Waals surface area contributed by atoms with Gasteiger partial charge >= 0.3 is 11.9 Å². The molecule has 6 amide bonds. The third-order valence-electron chi connectivity index (χ3n) is 13.7. The molecule has 1 aliphatic carbocycles. The number of hydrogen-bond acceptors (Lipinski definition) is 17. The molecule has 0 unspecified atom stereocenters. The summed E-state index contributed by atoms with van der Waals surface area (Å²) in [6.07, 6.45) is 6.12. The summed E-state index contributed by atoms with van der Waals surface area (Å²) in [7, 11) is 1.50. The number of carbonyl (C=O) groups excluding carboxylic acids is 9. The van der Waals surface area contributed by atoms with E-state index in [0.29, 0.717) is 48.8 Å². The Hall–Kier alpha value is -7.35. The van der Waals surface area contributed by atoms with Gasteiger partial charge in [-0.05, 0) is 68.2 Å². The van der Waals surface area contributed by atoms with E-state index in [1.807, 2.05) is 0 Å². The van der Waals surface area contributed by atoms with Crippen LogP contribution in [-0.4, -0.2) is 170 Å². The van der Waals surface area contributed by atoms with E-state index in [-0.39, 0.29) is 115 Å². The SMILES string of the molecule is CCC.CC[C@@]1(OC(=O)CNC(=O)[C@@H]2CCCN2C(=O)[C@H](CC=O)NC(=O)CCOCCOCCOCCNC(=O)CN2C(=O)C=CC2=O)C(=O)OCc2c1cc1n(c2=O)Cc2c-1nc1cc(F)c(C)c3c1c2CCC3.CF.CO. The smallest absolute Gasteiger partial charge is 0.355 e. The lowest BCUT2D eigenvalue weighted by atomic mass is 9.84. The molecule has 1 aromatic carbocycles. The molecule has 3 atom stereocenters. The van der Waals surface area contributed by atoms with Crippen LogP contribution in [0, 0.1) is 12.7 Å². The number of aromatic nitrogens is 2. The van der Waals surface area contributed by atoms with E-state index >= 15 is 4.39 Å². The maximum atomic E-state index is 15.1. The minimum atomic E-state index is -2.06. The fraction of sp³-hybridized carbons (Fsp3) is 0.545. The van der Waals surface area contributed by atoms with Gasteiger partial charge in [0.15, 0.2) is 0 Å². The summed E-state index contributed by atoms with van der Waals surface area (Å²) in [4.78, 5) is 135. The van der Waals surface area contributed by atoms with Crippen molar-refractivity contribution in [1.82, 2.24) is 35.3 Å². The third kappa shape index (κ3) is 14.5. The molecule has 0 saturated carbocycles. The van der Waals surface area contributed by atoms with Crippen molar-refractivity contribution in [3.8, 4) is 11.4 Å². The number of carbonyl (C=O) groups is 9. The Labute approximate surface area is 461 Å². The second-order valence-corrected chi connectivity index (χ2v) is 18.8. The van der Waals surface area contributed by atoms with Crippen molar-refractivity contribution >= 4 is 64.6 Å². The summed E-state index contributed by atoms with van der Waals surface area (Å²) in [6, 6.07) is 0.675. The molecule has 0 bridgehead atoms. The van der Waals surface area contributed by atoms with Gasteiger partial charge in [0.1, 0.15) is 43.9 Å². The van der Waals surface area contributed by atoms with E-state index in [4.69, 9.17) is 33.8 Å². The van der Waals surface area contributed by atoms with E-state index in [1.54, 1.807) is 24.5 Å². The number of nitrogens with one attached hydrogen (secondary N) is 3. The first-order chi connectivity index (χ1) is 38.6. The van der Waals surface area contributed by atoms with Crippen LogP contribution in [0.1, 0.15) is 99.1 Å². The van der Waals surface area contributed by atoms with Crippen LogP contribution in [0.2, 0.25) is 0 Å². The summed E-state index contributed by atoms with van der Waals surface area (Å²) in [5.74, 6) is -5.87. The average Bonchev–Trinajstić information content (AvgIpc) is 4.32. The number of esters is 2. The Morgan fingerprint density at radius 3 is 2.19 bits per heavy atom. The van der Waals surface area contributed by atoms with Crippen LogP contribution in [0.5, 0.6) is 0 Å². The van der Waals surface area contributed by atoms with Crippen LogP contribution in [0.25, 0.3) is 22.3 Å². The largest absolute Gasteiger partial charge is 0.457 e. The fourth-order valence-corrected chi connectivity index (χ4v) is 10.0. The third-order valence-corrected chi connectivity index (χ3v) is 13.7. The van der Waals surface area contributed by atoms with Gasteiger partial charge < -0.3 is 59.0 Å². The lowest BCUT2D eigenvalue weighted by Gasteiger charge is -2.35. The van der Waals surface area contributed by atoms with Crippen LogP contribution >= 0.6 is 0 Å². The van der Waals surface area contributed by atoms with Crippen molar-refractivity contribution in [2.24, 2.45) is 0 Å². The predicted molar refractivity (Wildman–Crippen MR) is 283 cm³/mol. The van der Waals surface area contributed by atoms with Crippen molar-refractivity contribution in [2.75, 3.05) is 80.1 Å². The van der Waals surface area contributed by atoms with Gasteiger partial charge in [0.05, 0.1) is 75.8 Å². The molecule has 23 nitrogen and oxygen atoms in total. The number of aliphatic hydroxyl groups excluding tert-OH is 1. The van der Waals surface area contributed by atoms with Gasteiger partial charge in [-0.25, -0.2) is 14.2 Å². The highest BCUT2D eigenvalue weighted by Gasteiger charge is 2.51. The molecule has 1 fully saturated rings. The number of pyridine rings is 2. The molecule has 0 radical (unpaired) electrons. The van der Waals surface area contributed by atoms with Crippen LogP contribution in [-0.2, 0) is 98.4 Å². The molecule has 80 heavy (non-hydrogen) atoms. The molecule has 8 rings (SSSR count). The van der Waals surface area contributed by atoms with Crippen LogP contribution in [0.3, 0.4) is 0 Å². The number of imide groups is 1. The molecule has 4 aliphatic heterocycles. The standard InChI is InChI=1S/C50H56FN7O15.C3H8.CH3F.CH4O/c1-3-50(33-22-38-45-31(25-57(38)47(66)32(33)27-72-49(50)68)30-7-4-6-29-28(2)34(51)23-36(55-45)44(29)30)73-43(64)24-53-46(65)37-8-5-14-56(37)48(67)35(11-15-59)54-39(60)12-16-69-18-20-71-21-19-70-17-13-52-40(61)26-58-41(62)9-10-42(58)63;1-3-2;2*1-2/h9-10,15,22-23,35,37H,3-8,11-14,16-21,24-27H2,1-2H3,(H,52,61)(H,53,65)(H,54,60);3H2,1-2H3;1H3;2H,1H3/t35-,37-,50-;;;/m0.../s1. The minimum absolute atomic E-state index is 0.0308. The number of ether oxygens (including phenoxy) is 5. The van der Waals surface area contributed by atoms with Crippen molar-refractivity contribution in [1.29, 1.82) is 0 Å². The Morgan fingerprint density at radius 1 is 0.875 bits per heavy atom. The number of cyclic esters (lactones) is 1. The van der Waals surface area contributed by atoms with Gasteiger partial charge in [-0.1, -0.05) is 27.2 Å². The maximum Gasteiger partial charge on any atom is 0.355 e. The van der Waals surface area contributed by atoms with Gasteiger partial charge in [0.25, 0.3) is 17.4 Å². The van der Waals surface area contributed by atoms with E-state index in [0.717, 1.165) is 59.1 Å². The fourth-order valence-electron chi connectivity index (χ4n) is 10.0. The molecule has 436 valence electrons. The number of amides is 6. The van der Waals surface area contributed by atoms with Gasteiger partial charge in [-0.15, -0.1) is 0 Å². The lowest BCUT2D eigenvalue weighted by molar-refractivity contribution is -0.189. The molecule has 25 heteroatoms. The van der Waals surface area contributed by atoms with Crippen molar-refractivity contribution in [3.63, 3.8) is 0 Å². The monoisotopic (exact) mass is 1120 g/mol. The molecule has 5 aliphatic rings. The average molecular weight is 1120 g/mol. The molecule has 1 saturated heterocycles. The normalized spacial score (nSPS) is 17.5. The number of hydrogen-bond donors (Lipinski definition) is 4. The topological polar surface area (TPSA) is 297 Å². The number of rotatable bonds is 23. The number of likely N-dealkylation sites (tertiary alicyclic amines) is 1. The Morgan fingerprint density at radius 2 is 1.52 bits per heavy atom. The number of fused-ring (bicyclic) bond motifs is 5. The van der Waals surface area contributed by atoms with Crippen molar-refractivity contribution < 1.29 is 80.7 Å². The second-order valence-electron chi connectivity index (χ2n) is 18.8. The van der Waals surface area contributed by atoms with Crippen molar-refractivity contribution in [2.45, 2.75) is 116 Å². The van der Waals surface area contributed by atoms with E-state index in [2.05, 4.69) is 29.8 Å². The number of aryl methyl sites for hydroxylation is 2. The molecule has 2 aromatic heterocycles. The molecule has 0 spiro atoms. The van der Waals surface area contributed by atoms with Crippen LogP contribution < -0.4 is 21.5 Å². The van der Waals surface area contributed by atoms with Gasteiger partial charge in [0, 0.05) is 67.8 Å². The zero-order chi connectivity index (χ0) is 58.7. The predicted octanol–water partition coefficient (Wildman–Crippen LogP) is 1.84. The number of alkyl halides is 1. The van der Waals surface area contributed by atoms with Gasteiger partial charge in [-0.3, -0.25) is 47.6 Å². The first-order valence-electron chi connectivity index (χ1n) is 26.6. The highest BCUT2D eigenvalue weighted by molar-refractivity contribution is 6.14.